The molecule has 4 heteroatoms. The van der Waals surface area contributed by atoms with Crippen LogP contribution in [0.3, 0.4) is 0 Å². The van der Waals surface area contributed by atoms with Crippen LogP contribution in [0, 0.1) is 13.8 Å². The molecule has 27 heavy (non-hydrogen) atoms. The number of hydrogen-bond donors (Lipinski definition) is 0. The number of hydrogen-bond acceptors (Lipinski definition) is 4. The van der Waals surface area contributed by atoms with Gasteiger partial charge in [0.1, 0.15) is 0 Å². The van der Waals surface area contributed by atoms with Crippen LogP contribution in [0.5, 0.6) is 0 Å². The standard InChI is InChI=1S/C23H26N4/c1-17-13-18(2)26-23(25-17)27-12-6-9-21(16-27)22-11-10-20(15-24-22)14-19-7-4-3-5-8-19/h3-5,7-8,10-11,13,15,21H,6,9,12,14,16H2,1-2H3/t21-/m0/s1. The minimum Gasteiger partial charge on any atom is -0.340 e. The van der Waals surface area contributed by atoms with Crippen LogP contribution in [0.25, 0.3) is 0 Å². The van der Waals surface area contributed by atoms with Gasteiger partial charge in [-0.05, 0) is 56.4 Å². The Labute approximate surface area is 161 Å². The molecule has 0 radical (unpaired) electrons. The highest BCUT2D eigenvalue weighted by atomic mass is 15.3. The monoisotopic (exact) mass is 358 g/mol. The first kappa shape index (κ1) is 17.7. The summed E-state index contributed by atoms with van der Waals surface area (Å²) in [5.74, 6) is 1.30. The second-order valence-corrected chi connectivity index (χ2v) is 7.49. The van der Waals surface area contributed by atoms with Gasteiger partial charge in [0.2, 0.25) is 5.95 Å². The third-order valence-electron chi connectivity index (χ3n) is 5.19. The van der Waals surface area contributed by atoms with E-state index in [4.69, 9.17) is 4.98 Å². The highest BCUT2D eigenvalue weighted by Gasteiger charge is 2.24. The molecule has 4 nitrogen and oxygen atoms in total. The van der Waals surface area contributed by atoms with Crippen LogP contribution in [-0.2, 0) is 6.42 Å². The molecule has 0 amide bonds. The number of pyridine rings is 1. The van der Waals surface area contributed by atoms with Crippen molar-refractivity contribution in [3.05, 3.63) is 82.9 Å². The molecule has 1 atom stereocenters. The predicted octanol–water partition coefficient (Wildman–Crippen LogP) is 4.46. The molecule has 1 saturated heterocycles. The second-order valence-electron chi connectivity index (χ2n) is 7.49. The van der Waals surface area contributed by atoms with Gasteiger partial charge in [0, 0.05) is 42.3 Å². The third-order valence-corrected chi connectivity index (χ3v) is 5.19. The Balaban J connectivity index is 1.46. The highest BCUT2D eigenvalue weighted by molar-refractivity contribution is 5.35. The summed E-state index contributed by atoms with van der Waals surface area (Å²) in [6, 6.07) is 17.0. The SMILES string of the molecule is Cc1cc(C)nc(N2CCC[C@H](c3ccc(Cc4ccccc4)cn3)C2)n1. The maximum atomic E-state index is 4.79. The second kappa shape index (κ2) is 7.87. The predicted molar refractivity (Wildman–Crippen MR) is 109 cm³/mol. The topological polar surface area (TPSA) is 41.9 Å². The number of nitrogens with zero attached hydrogens (tertiary/aromatic N) is 4. The van der Waals surface area contributed by atoms with E-state index in [1.807, 2.05) is 26.1 Å². The molecule has 1 fully saturated rings. The van der Waals surface area contributed by atoms with Crippen LogP contribution in [0.4, 0.5) is 5.95 Å². The summed E-state index contributed by atoms with van der Waals surface area (Å²) in [7, 11) is 0. The van der Waals surface area contributed by atoms with E-state index in [1.54, 1.807) is 0 Å². The van der Waals surface area contributed by atoms with Gasteiger partial charge in [-0.25, -0.2) is 9.97 Å². The van der Waals surface area contributed by atoms with Crippen molar-refractivity contribution in [1.82, 2.24) is 15.0 Å². The fourth-order valence-electron chi connectivity index (χ4n) is 3.86. The summed E-state index contributed by atoms with van der Waals surface area (Å²) >= 11 is 0. The van der Waals surface area contributed by atoms with Crippen LogP contribution >= 0.6 is 0 Å². The van der Waals surface area contributed by atoms with Crippen LogP contribution in [0.1, 0.15) is 47.0 Å². The summed E-state index contributed by atoms with van der Waals surface area (Å²) in [4.78, 5) is 16.4. The fourth-order valence-corrected chi connectivity index (χ4v) is 3.86. The van der Waals surface area contributed by atoms with Gasteiger partial charge in [0.25, 0.3) is 0 Å². The molecule has 0 spiro atoms. The Morgan fingerprint density at radius 2 is 1.74 bits per heavy atom. The minimum atomic E-state index is 0.439. The number of aromatic nitrogens is 3. The summed E-state index contributed by atoms with van der Waals surface area (Å²) in [6.07, 6.45) is 5.29. The number of piperidine rings is 1. The molecule has 0 N–H and O–H groups in total. The van der Waals surface area contributed by atoms with Crippen molar-refractivity contribution < 1.29 is 0 Å². The summed E-state index contributed by atoms with van der Waals surface area (Å²) < 4.78 is 0. The molecule has 0 saturated carbocycles. The highest BCUT2D eigenvalue weighted by Crippen LogP contribution is 2.28. The molecule has 0 aliphatic carbocycles. The van der Waals surface area contributed by atoms with E-state index in [1.165, 1.54) is 23.2 Å². The van der Waals surface area contributed by atoms with E-state index in [0.717, 1.165) is 43.3 Å². The lowest BCUT2D eigenvalue weighted by Crippen LogP contribution is -2.36. The van der Waals surface area contributed by atoms with Gasteiger partial charge in [-0.3, -0.25) is 4.98 Å². The molecule has 3 aromatic rings. The van der Waals surface area contributed by atoms with E-state index < -0.39 is 0 Å². The van der Waals surface area contributed by atoms with Crippen molar-refractivity contribution in [3.63, 3.8) is 0 Å². The van der Waals surface area contributed by atoms with E-state index in [-0.39, 0.29) is 0 Å². The van der Waals surface area contributed by atoms with Gasteiger partial charge >= 0.3 is 0 Å². The van der Waals surface area contributed by atoms with E-state index in [0.29, 0.717) is 5.92 Å². The first-order valence-electron chi connectivity index (χ1n) is 9.73. The normalized spacial score (nSPS) is 17.1. The Morgan fingerprint density at radius 3 is 2.44 bits per heavy atom. The number of benzene rings is 1. The average molecular weight is 358 g/mol. The van der Waals surface area contributed by atoms with E-state index in [9.17, 15) is 0 Å². The first-order valence-corrected chi connectivity index (χ1v) is 9.73. The molecule has 1 aliphatic heterocycles. The summed E-state index contributed by atoms with van der Waals surface area (Å²) in [6.45, 7) is 6.03. The van der Waals surface area contributed by atoms with Gasteiger partial charge in [0.05, 0.1) is 0 Å². The molecule has 3 heterocycles. The number of aryl methyl sites for hydroxylation is 2. The quantitative estimate of drug-likeness (QED) is 0.690. The average Bonchev–Trinajstić information content (AvgIpc) is 2.69. The van der Waals surface area contributed by atoms with Crippen LogP contribution in [0.2, 0.25) is 0 Å². The van der Waals surface area contributed by atoms with Crippen molar-refractivity contribution in [2.45, 2.75) is 39.0 Å². The Kier molecular flexibility index (Phi) is 5.14. The van der Waals surface area contributed by atoms with Crippen molar-refractivity contribution in [1.29, 1.82) is 0 Å². The van der Waals surface area contributed by atoms with E-state index >= 15 is 0 Å². The van der Waals surface area contributed by atoms with Crippen LogP contribution < -0.4 is 4.90 Å². The fraction of sp³-hybridized carbons (Fsp3) is 0.348. The zero-order chi connectivity index (χ0) is 18.6. The molecule has 0 bridgehead atoms. The van der Waals surface area contributed by atoms with Gasteiger partial charge in [-0.15, -0.1) is 0 Å². The molecular weight excluding hydrogens is 332 g/mol. The van der Waals surface area contributed by atoms with Crippen LogP contribution in [-0.4, -0.2) is 28.0 Å². The van der Waals surface area contributed by atoms with Crippen molar-refractivity contribution in [2.24, 2.45) is 0 Å². The molecule has 2 aromatic heterocycles. The molecule has 4 rings (SSSR count). The Hall–Kier alpha value is -2.75. The van der Waals surface area contributed by atoms with Crippen molar-refractivity contribution in [3.8, 4) is 0 Å². The van der Waals surface area contributed by atoms with Crippen molar-refractivity contribution in [2.75, 3.05) is 18.0 Å². The molecule has 1 aromatic carbocycles. The molecule has 0 unspecified atom stereocenters. The Morgan fingerprint density at radius 1 is 0.963 bits per heavy atom. The van der Waals surface area contributed by atoms with Crippen LogP contribution in [0.15, 0.2) is 54.7 Å². The summed E-state index contributed by atoms with van der Waals surface area (Å²) in [5, 5.41) is 0. The zero-order valence-electron chi connectivity index (χ0n) is 16.1. The summed E-state index contributed by atoms with van der Waals surface area (Å²) in [5.41, 5.74) is 5.82. The third kappa shape index (κ3) is 4.33. The largest absolute Gasteiger partial charge is 0.340 e. The number of rotatable bonds is 4. The molecule has 138 valence electrons. The smallest absolute Gasteiger partial charge is 0.225 e. The van der Waals surface area contributed by atoms with Gasteiger partial charge in [-0.1, -0.05) is 36.4 Å². The zero-order valence-corrected chi connectivity index (χ0v) is 16.1. The van der Waals surface area contributed by atoms with Gasteiger partial charge in [0.15, 0.2) is 0 Å². The number of anilines is 1. The first-order chi connectivity index (χ1) is 13.2. The molecule has 1 aliphatic rings. The van der Waals surface area contributed by atoms with Crippen molar-refractivity contribution >= 4 is 5.95 Å². The maximum Gasteiger partial charge on any atom is 0.225 e. The van der Waals surface area contributed by atoms with Gasteiger partial charge in [-0.2, -0.15) is 0 Å². The maximum absolute atomic E-state index is 4.79. The van der Waals surface area contributed by atoms with Gasteiger partial charge < -0.3 is 4.90 Å². The minimum absolute atomic E-state index is 0.439. The lowest BCUT2D eigenvalue weighted by atomic mass is 9.94. The van der Waals surface area contributed by atoms with E-state index in [2.05, 4.69) is 57.3 Å². The lowest BCUT2D eigenvalue weighted by molar-refractivity contribution is 0.494. The molecular formula is C23H26N4. The Bertz CT molecular complexity index is 870. The lowest BCUT2D eigenvalue weighted by Gasteiger charge is -2.32.